The number of aliphatic hydroxyl groups is 1. The summed E-state index contributed by atoms with van der Waals surface area (Å²) in [5.74, 6) is 0.758. The number of hydrogen-bond donors (Lipinski definition) is 2. The molecule has 0 aliphatic heterocycles. The third kappa shape index (κ3) is 5.84. The van der Waals surface area contributed by atoms with E-state index in [1.165, 1.54) is 25.7 Å². The topological polar surface area (TPSA) is 35.5 Å². The zero-order chi connectivity index (χ0) is 12.9. The van der Waals surface area contributed by atoms with Crippen molar-refractivity contribution in [3.8, 4) is 0 Å². The van der Waals surface area contributed by atoms with Crippen LogP contribution in [0.2, 0.25) is 0 Å². The van der Waals surface area contributed by atoms with Gasteiger partial charge in [-0.2, -0.15) is 0 Å². The van der Waals surface area contributed by atoms with E-state index in [0.717, 1.165) is 25.6 Å². The lowest BCUT2D eigenvalue weighted by atomic mass is 10.0. The Hall–Kier alpha value is -0.120. The molecule has 0 heterocycles. The first kappa shape index (κ1) is 14.9. The number of hydrogen-bond acceptors (Lipinski definition) is 3. The summed E-state index contributed by atoms with van der Waals surface area (Å²) in [6.07, 6.45) is 5.21. The van der Waals surface area contributed by atoms with Gasteiger partial charge in [-0.25, -0.2) is 0 Å². The van der Waals surface area contributed by atoms with Crippen LogP contribution in [0.4, 0.5) is 0 Å². The molecule has 0 amide bonds. The predicted octanol–water partition coefficient (Wildman–Crippen LogP) is 1.86. The van der Waals surface area contributed by atoms with E-state index in [1.54, 1.807) is 0 Å². The van der Waals surface area contributed by atoms with Gasteiger partial charge in [0.15, 0.2) is 0 Å². The molecule has 0 bridgehead atoms. The first-order chi connectivity index (χ1) is 7.92. The van der Waals surface area contributed by atoms with E-state index in [4.69, 9.17) is 0 Å². The first-order valence-electron chi connectivity index (χ1n) is 7.06. The second-order valence-corrected chi connectivity index (χ2v) is 6.26. The molecule has 1 fully saturated rings. The van der Waals surface area contributed by atoms with E-state index < -0.39 is 5.60 Å². The molecule has 0 saturated heterocycles. The van der Waals surface area contributed by atoms with Crippen molar-refractivity contribution < 1.29 is 5.11 Å². The van der Waals surface area contributed by atoms with E-state index in [-0.39, 0.29) is 0 Å². The molecule has 3 heteroatoms. The largest absolute Gasteiger partial charge is 0.389 e. The standard InChI is InChI=1S/C14H30N2O/c1-5-9-15-13-8-6-7-12(13)10-16(4)11-14(2,3)17/h12-13,15,17H,5-11H2,1-4H3. The van der Waals surface area contributed by atoms with E-state index in [2.05, 4.69) is 24.2 Å². The molecule has 0 aromatic heterocycles. The maximum Gasteiger partial charge on any atom is 0.0718 e. The summed E-state index contributed by atoms with van der Waals surface area (Å²) < 4.78 is 0. The van der Waals surface area contributed by atoms with Gasteiger partial charge in [0, 0.05) is 19.1 Å². The van der Waals surface area contributed by atoms with Gasteiger partial charge in [0.1, 0.15) is 0 Å². The molecule has 2 unspecified atom stereocenters. The number of likely N-dealkylation sites (N-methyl/N-ethyl adjacent to an activating group) is 1. The zero-order valence-corrected chi connectivity index (χ0v) is 12.0. The average molecular weight is 242 g/mol. The van der Waals surface area contributed by atoms with E-state index >= 15 is 0 Å². The Labute approximate surface area is 107 Å². The van der Waals surface area contributed by atoms with Crippen LogP contribution in [0.15, 0.2) is 0 Å². The van der Waals surface area contributed by atoms with Crippen molar-refractivity contribution >= 4 is 0 Å². The molecule has 1 saturated carbocycles. The quantitative estimate of drug-likeness (QED) is 0.715. The first-order valence-corrected chi connectivity index (χ1v) is 7.06. The molecule has 0 radical (unpaired) electrons. The molecule has 17 heavy (non-hydrogen) atoms. The molecule has 3 nitrogen and oxygen atoms in total. The highest BCUT2D eigenvalue weighted by atomic mass is 16.3. The molecular weight excluding hydrogens is 212 g/mol. The molecule has 0 spiro atoms. The fourth-order valence-corrected chi connectivity index (χ4v) is 2.98. The Bertz CT molecular complexity index is 213. The molecule has 0 aromatic rings. The summed E-state index contributed by atoms with van der Waals surface area (Å²) in [5.41, 5.74) is -0.584. The van der Waals surface area contributed by atoms with Crippen LogP contribution in [0.25, 0.3) is 0 Å². The monoisotopic (exact) mass is 242 g/mol. The Balaban J connectivity index is 2.33. The van der Waals surface area contributed by atoms with Crippen LogP contribution in [-0.2, 0) is 0 Å². The smallest absolute Gasteiger partial charge is 0.0718 e. The molecule has 1 aliphatic rings. The fraction of sp³-hybridized carbons (Fsp3) is 1.00. The molecule has 2 N–H and O–H groups in total. The van der Waals surface area contributed by atoms with Crippen LogP contribution in [-0.4, -0.2) is 48.3 Å². The normalized spacial score (nSPS) is 25.8. The zero-order valence-electron chi connectivity index (χ0n) is 12.0. The minimum Gasteiger partial charge on any atom is -0.389 e. The van der Waals surface area contributed by atoms with Crippen molar-refractivity contribution in [2.24, 2.45) is 5.92 Å². The van der Waals surface area contributed by atoms with Crippen LogP contribution in [0, 0.1) is 5.92 Å². The fourth-order valence-electron chi connectivity index (χ4n) is 2.98. The third-order valence-electron chi connectivity index (χ3n) is 3.52. The maximum atomic E-state index is 9.81. The molecule has 1 aliphatic carbocycles. The lowest BCUT2D eigenvalue weighted by Gasteiger charge is -2.30. The van der Waals surface area contributed by atoms with Gasteiger partial charge in [-0.3, -0.25) is 0 Å². The van der Waals surface area contributed by atoms with Gasteiger partial charge in [-0.1, -0.05) is 13.3 Å². The van der Waals surface area contributed by atoms with Crippen molar-refractivity contribution in [2.75, 3.05) is 26.7 Å². The van der Waals surface area contributed by atoms with Crippen molar-refractivity contribution in [3.05, 3.63) is 0 Å². The van der Waals surface area contributed by atoms with Crippen LogP contribution in [0.1, 0.15) is 46.5 Å². The number of nitrogens with zero attached hydrogens (tertiary/aromatic N) is 1. The van der Waals surface area contributed by atoms with Crippen molar-refractivity contribution in [1.82, 2.24) is 10.2 Å². The lowest BCUT2D eigenvalue weighted by Crippen LogP contribution is -2.42. The van der Waals surface area contributed by atoms with Gasteiger partial charge in [0.05, 0.1) is 5.60 Å². The van der Waals surface area contributed by atoms with Crippen molar-refractivity contribution in [2.45, 2.75) is 58.1 Å². The molecule has 2 atom stereocenters. The number of rotatable bonds is 7. The van der Waals surface area contributed by atoms with Crippen LogP contribution in [0.3, 0.4) is 0 Å². The minimum atomic E-state index is -0.584. The maximum absolute atomic E-state index is 9.81. The second-order valence-electron chi connectivity index (χ2n) is 6.26. The van der Waals surface area contributed by atoms with Crippen LogP contribution < -0.4 is 5.32 Å². The third-order valence-corrected chi connectivity index (χ3v) is 3.52. The SMILES string of the molecule is CCCNC1CCCC1CN(C)CC(C)(C)O. The lowest BCUT2D eigenvalue weighted by molar-refractivity contribution is 0.0392. The van der Waals surface area contributed by atoms with Crippen LogP contribution >= 0.6 is 0 Å². The molecule has 102 valence electrons. The summed E-state index contributed by atoms with van der Waals surface area (Å²) in [6.45, 7) is 8.97. The highest BCUT2D eigenvalue weighted by Crippen LogP contribution is 2.26. The van der Waals surface area contributed by atoms with E-state index in [0.29, 0.717) is 6.04 Å². The highest BCUT2D eigenvalue weighted by molar-refractivity contribution is 4.85. The van der Waals surface area contributed by atoms with E-state index in [1.807, 2.05) is 13.8 Å². The second kappa shape index (κ2) is 6.72. The Morgan fingerprint density at radius 2 is 2.06 bits per heavy atom. The van der Waals surface area contributed by atoms with Gasteiger partial charge in [-0.15, -0.1) is 0 Å². The summed E-state index contributed by atoms with van der Waals surface area (Å²) in [7, 11) is 2.12. The summed E-state index contributed by atoms with van der Waals surface area (Å²) in [6, 6.07) is 0.694. The van der Waals surface area contributed by atoms with Crippen molar-refractivity contribution in [1.29, 1.82) is 0 Å². The molecule has 1 rings (SSSR count). The predicted molar refractivity (Wildman–Crippen MR) is 73.2 cm³/mol. The van der Waals surface area contributed by atoms with Gasteiger partial charge >= 0.3 is 0 Å². The van der Waals surface area contributed by atoms with Crippen molar-refractivity contribution in [3.63, 3.8) is 0 Å². The average Bonchev–Trinajstić information content (AvgIpc) is 2.59. The Morgan fingerprint density at radius 3 is 2.65 bits per heavy atom. The summed E-state index contributed by atoms with van der Waals surface area (Å²) in [4.78, 5) is 2.27. The van der Waals surface area contributed by atoms with Gasteiger partial charge in [-0.05, 0) is 52.6 Å². The van der Waals surface area contributed by atoms with Gasteiger partial charge in [0.25, 0.3) is 0 Å². The molecular formula is C14H30N2O. The van der Waals surface area contributed by atoms with E-state index in [9.17, 15) is 5.11 Å². The minimum absolute atomic E-state index is 0.584. The highest BCUT2D eigenvalue weighted by Gasteiger charge is 2.28. The van der Waals surface area contributed by atoms with Crippen LogP contribution in [0.5, 0.6) is 0 Å². The summed E-state index contributed by atoms with van der Waals surface area (Å²) in [5, 5.41) is 13.5. The summed E-state index contributed by atoms with van der Waals surface area (Å²) >= 11 is 0. The Kier molecular flexibility index (Phi) is 5.90. The number of nitrogens with one attached hydrogen (secondary N) is 1. The van der Waals surface area contributed by atoms with Gasteiger partial charge < -0.3 is 15.3 Å². The van der Waals surface area contributed by atoms with Gasteiger partial charge in [0.2, 0.25) is 0 Å². The Morgan fingerprint density at radius 1 is 1.35 bits per heavy atom. The molecule has 0 aromatic carbocycles.